The topological polar surface area (TPSA) is 86.0 Å². The Morgan fingerprint density at radius 1 is 1.12 bits per heavy atom. The normalized spacial score (nSPS) is 10.5. The quantitative estimate of drug-likeness (QED) is 0.660. The molecule has 0 aliphatic heterocycles. The average molecular weight is 362 g/mol. The number of rotatable bonds is 4. The number of nitrogens with one attached hydrogen (secondary N) is 1. The van der Waals surface area contributed by atoms with Crippen LogP contribution in [-0.4, -0.2) is 15.0 Å². The van der Waals surface area contributed by atoms with Crippen LogP contribution in [-0.2, 0) is 0 Å². The van der Waals surface area contributed by atoms with E-state index in [1.165, 1.54) is 6.33 Å². The lowest BCUT2D eigenvalue weighted by atomic mass is 10.2. The summed E-state index contributed by atoms with van der Waals surface area (Å²) in [4.78, 5) is 12.2. The van der Waals surface area contributed by atoms with Gasteiger partial charge in [0.2, 0.25) is 5.88 Å². The number of hydrogen-bond donors (Lipinski definition) is 2. The van der Waals surface area contributed by atoms with Gasteiger partial charge in [-0.15, -0.1) is 0 Å². The second-order valence-corrected chi connectivity index (χ2v) is 5.69. The minimum atomic E-state index is 0.231. The lowest BCUT2D eigenvalue weighted by Gasteiger charge is -2.12. The summed E-state index contributed by atoms with van der Waals surface area (Å²) in [7, 11) is 0. The molecule has 122 valence electrons. The zero-order valence-corrected chi connectivity index (χ0v) is 14.1. The van der Waals surface area contributed by atoms with Crippen LogP contribution in [0.15, 0.2) is 42.9 Å². The van der Waals surface area contributed by atoms with Crippen molar-refractivity contribution in [3.63, 3.8) is 0 Å². The fraction of sp³-hybridized carbons (Fsp3) is 0.0625. The molecule has 0 aliphatic rings. The van der Waals surface area contributed by atoms with Gasteiger partial charge in [-0.2, -0.15) is 4.98 Å². The van der Waals surface area contributed by atoms with Crippen molar-refractivity contribution in [3.05, 3.63) is 58.6 Å². The molecule has 8 heteroatoms. The molecular weight excluding hydrogens is 349 g/mol. The molecule has 0 saturated carbocycles. The van der Waals surface area contributed by atoms with Crippen molar-refractivity contribution in [2.75, 3.05) is 11.1 Å². The minimum Gasteiger partial charge on any atom is -0.437 e. The molecule has 0 atom stereocenters. The predicted octanol–water partition coefficient (Wildman–Crippen LogP) is 4.60. The van der Waals surface area contributed by atoms with Crippen molar-refractivity contribution < 1.29 is 4.74 Å². The van der Waals surface area contributed by atoms with E-state index in [4.69, 9.17) is 33.7 Å². The molecule has 0 radical (unpaired) electrons. The van der Waals surface area contributed by atoms with Crippen LogP contribution in [0.3, 0.4) is 0 Å². The molecule has 6 nitrogen and oxygen atoms in total. The molecule has 24 heavy (non-hydrogen) atoms. The summed E-state index contributed by atoms with van der Waals surface area (Å²) in [5.41, 5.74) is 7.82. The molecule has 2 heterocycles. The fourth-order valence-corrected chi connectivity index (χ4v) is 2.24. The monoisotopic (exact) mass is 361 g/mol. The van der Waals surface area contributed by atoms with E-state index in [1.54, 1.807) is 36.5 Å². The van der Waals surface area contributed by atoms with Crippen LogP contribution in [0.5, 0.6) is 11.6 Å². The number of nitrogens with two attached hydrogens (primary N) is 1. The van der Waals surface area contributed by atoms with E-state index in [1.807, 2.05) is 6.92 Å². The fourth-order valence-electron chi connectivity index (χ4n) is 1.96. The Bertz CT molecular complexity index is 888. The number of benzene rings is 1. The van der Waals surface area contributed by atoms with Crippen molar-refractivity contribution in [3.8, 4) is 11.6 Å². The third-order valence-electron chi connectivity index (χ3n) is 3.20. The highest BCUT2D eigenvalue weighted by molar-refractivity contribution is 6.32. The van der Waals surface area contributed by atoms with Crippen molar-refractivity contribution in [2.45, 2.75) is 6.92 Å². The van der Waals surface area contributed by atoms with Gasteiger partial charge in [-0.25, -0.2) is 9.97 Å². The van der Waals surface area contributed by atoms with Gasteiger partial charge in [0, 0.05) is 11.2 Å². The first-order chi connectivity index (χ1) is 11.5. The first kappa shape index (κ1) is 16.3. The lowest BCUT2D eigenvalue weighted by Crippen LogP contribution is -2.03. The number of halogens is 2. The van der Waals surface area contributed by atoms with Gasteiger partial charge >= 0.3 is 0 Å². The zero-order valence-electron chi connectivity index (χ0n) is 12.6. The molecule has 0 fully saturated rings. The highest BCUT2D eigenvalue weighted by Gasteiger charge is 2.12. The first-order valence-corrected chi connectivity index (χ1v) is 7.72. The van der Waals surface area contributed by atoms with Crippen molar-refractivity contribution in [2.24, 2.45) is 0 Å². The van der Waals surface area contributed by atoms with Crippen LogP contribution in [0.2, 0.25) is 10.2 Å². The van der Waals surface area contributed by atoms with E-state index >= 15 is 0 Å². The third-order valence-corrected chi connectivity index (χ3v) is 3.93. The molecule has 0 spiro atoms. The lowest BCUT2D eigenvalue weighted by molar-refractivity contribution is 0.464. The Morgan fingerprint density at radius 3 is 2.71 bits per heavy atom. The molecule has 0 unspecified atom stereocenters. The Morgan fingerprint density at radius 2 is 1.96 bits per heavy atom. The SMILES string of the molecule is Cc1cc(Oc2ncnc(Nc3cccnc3Cl)c2N)ccc1Cl. The number of nitrogens with zero attached hydrogens (tertiary/aromatic N) is 3. The van der Waals surface area contributed by atoms with Gasteiger partial charge in [0.05, 0.1) is 5.69 Å². The summed E-state index contributed by atoms with van der Waals surface area (Å²) in [6, 6.07) is 8.80. The van der Waals surface area contributed by atoms with Gasteiger partial charge in [0.15, 0.2) is 11.0 Å². The van der Waals surface area contributed by atoms with Gasteiger partial charge in [0.25, 0.3) is 0 Å². The number of ether oxygens (including phenoxy) is 1. The van der Waals surface area contributed by atoms with E-state index < -0.39 is 0 Å². The standard InChI is InChI=1S/C16H13Cl2N5O/c1-9-7-10(4-5-11(9)17)24-16-13(19)15(21-8-22-16)23-12-3-2-6-20-14(12)18/h2-8H,19H2,1H3,(H,21,22,23). The highest BCUT2D eigenvalue weighted by atomic mass is 35.5. The molecule has 2 aromatic heterocycles. The third kappa shape index (κ3) is 3.50. The molecule has 3 rings (SSSR count). The zero-order chi connectivity index (χ0) is 17.1. The molecule has 3 N–H and O–H groups in total. The second kappa shape index (κ2) is 6.90. The predicted molar refractivity (Wildman–Crippen MR) is 95.2 cm³/mol. The van der Waals surface area contributed by atoms with Crippen LogP contribution in [0, 0.1) is 6.92 Å². The van der Waals surface area contributed by atoms with E-state index in [-0.39, 0.29) is 11.6 Å². The van der Waals surface area contributed by atoms with Gasteiger partial charge < -0.3 is 15.8 Å². The molecule has 0 bridgehead atoms. The highest BCUT2D eigenvalue weighted by Crippen LogP contribution is 2.33. The number of pyridine rings is 1. The average Bonchev–Trinajstić information content (AvgIpc) is 2.57. The van der Waals surface area contributed by atoms with Crippen LogP contribution < -0.4 is 15.8 Å². The largest absolute Gasteiger partial charge is 0.437 e. The maximum Gasteiger partial charge on any atom is 0.248 e. The van der Waals surface area contributed by atoms with Crippen LogP contribution in [0.1, 0.15) is 5.56 Å². The first-order valence-electron chi connectivity index (χ1n) is 6.96. The van der Waals surface area contributed by atoms with E-state index in [0.29, 0.717) is 27.4 Å². The summed E-state index contributed by atoms with van der Waals surface area (Å²) in [5, 5.41) is 3.99. The van der Waals surface area contributed by atoms with Gasteiger partial charge in [-0.1, -0.05) is 23.2 Å². The molecule has 1 aromatic carbocycles. The van der Waals surface area contributed by atoms with Crippen molar-refractivity contribution in [1.82, 2.24) is 15.0 Å². The van der Waals surface area contributed by atoms with Gasteiger partial charge in [-0.05, 0) is 42.8 Å². The van der Waals surface area contributed by atoms with Crippen molar-refractivity contribution >= 4 is 40.4 Å². The van der Waals surface area contributed by atoms with Crippen molar-refractivity contribution in [1.29, 1.82) is 0 Å². The summed E-state index contributed by atoms with van der Waals surface area (Å²) < 4.78 is 5.73. The van der Waals surface area contributed by atoms with E-state index in [2.05, 4.69) is 20.3 Å². The van der Waals surface area contributed by atoms with E-state index in [0.717, 1.165) is 5.56 Å². The number of hydrogen-bond acceptors (Lipinski definition) is 6. The van der Waals surface area contributed by atoms with Crippen LogP contribution in [0.4, 0.5) is 17.2 Å². The summed E-state index contributed by atoms with van der Waals surface area (Å²) in [6.07, 6.45) is 2.94. The second-order valence-electron chi connectivity index (χ2n) is 4.92. The maximum atomic E-state index is 6.09. The van der Waals surface area contributed by atoms with Crippen LogP contribution >= 0.6 is 23.2 Å². The Hall–Kier alpha value is -2.57. The number of aryl methyl sites for hydroxylation is 1. The molecular formula is C16H13Cl2N5O. The van der Waals surface area contributed by atoms with Gasteiger partial charge in [0.1, 0.15) is 17.8 Å². The van der Waals surface area contributed by atoms with Crippen LogP contribution in [0.25, 0.3) is 0 Å². The number of aromatic nitrogens is 3. The Kier molecular flexibility index (Phi) is 4.69. The molecule has 0 aliphatic carbocycles. The minimum absolute atomic E-state index is 0.231. The summed E-state index contributed by atoms with van der Waals surface area (Å²) in [5.74, 6) is 1.18. The summed E-state index contributed by atoms with van der Waals surface area (Å²) >= 11 is 12.0. The molecule has 3 aromatic rings. The molecule has 0 amide bonds. The van der Waals surface area contributed by atoms with E-state index in [9.17, 15) is 0 Å². The maximum absolute atomic E-state index is 6.09. The smallest absolute Gasteiger partial charge is 0.248 e. The number of anilines is 3. The Labute approximate surface area is 148 Å². The molecule has 0 saturated heterocycles. The number of nitrogen functional groups attached to an aromatic ring is 1. The summed E-state index contributed by atoms with van der Waals surface area (Å²) in [6.45, 7) is 1.88. The van der Waals surface area contributed by atoms with Gasteiger partial charge in [-0.3, -0.25) is 0 Å². The Balaban J connectivity index is 1.88.